The first-order chi connectivity index (χ1) is 10.9. The van der Waals surface area contributed by atoms with Crippen LogP contribution in [0.3, 0.4) is 0 Å². The zero-order valence-corrected chi connectivity index (χ0v) is 14.0. The quantitative estimate of drug-likeness (QED) is 0.695. The molecule has 3 aromatic rings. The van der Waals surface area contributed by atoms with E-state index in [1.165, 1.54) is 14.2 Å². The lowest BCUT2D eigenvalue weighted by molar-refractivity contribution is 0.408. The zero-order chi connectivity index (χ0) is 16.9. The van der Waals surface area contributed by atoms with E-state index in [4.69, 9.17) is 37.1 Å². The van der Waals surface area contributed by atoms with Gasteiger partial charge in [-0.15, -0.1) is 0 Å². The maximum Gasteiger partial charge on any atom is 0.204 e. The topological polar surface area (TPSA) is 68.9 Å². The number of benzene rings is 2. The number of phenols is 1. The lowest BCUT2D eigenvalue weighted by Crippen LogP contribution is -2.06. The summed E-state index contributed by atoms with van der Waals surface area (Å²) in [5, 5.41) is 10.4. The van der Waals surface area contributed by atoms with Crippen molar-refractivity contribution in [3.63, 3.8) is 0 Å². The molecule has 5 nitrogen and oxygen atoms in total. The minimum Gasteiger partial charge on any atom is -0.505 e. The van der Waals surface area contributed by atoms with Gasteiger partial charge in [-0.05, 0) is 18.6 Å². The molecule has 0 aliphatic carbocycles. The number of fused-ring (bicyclic) bond motifs is 2. The first-order valence-electron chi connectivity index (χ1n) is 6.59. The van der Waals surface area contributed by atoms with Crippen molar-refractivity contribution in [2.45, 2.75) is 6.92 Å². The van der Waals surface area contributed by atoms with E-state index in [0.717, 1.165) is 0 Å². The molecule has 3 rings (SSSR count). The van der Waals surface area contributed by atoms with Crippen molar-refractivity contribution in [2.24, 2.45) is 0 Å². The molecule has 1 heterocycles. The van der Waals surface area contributed by atoms with Crippen molar-refractivity contribution in [3.05, 3.63) is 38.0 Å². The molecule has 0 fully saturated rings. The van der Waals surface area contributed by atoms with E-state index in [1.54, 1.807) is 19.1 Å². The van der Waals surface area contributed by atoms with Crippen LogP contribution in [-0.4, -0.2) is 19.3 Å². The standard InChI is InChI=1S/C16H12Cl2O5/c1-6-4-7(21-2)5-8-9(6)13(19)10-14(20)11(17)16(22-3)12(18)15(10)23-8/h4-5,20H,1-3H3. The number of methoxy groups -OCH3 is 2. The molecule has 0 radical (unpaired) electrons. The third kappa shape index (κ3) is 2.19. The molecule has 120 valence electrons. The average molecular weight is 355 g/mol. The fourth-order valence-electron chi connectivity index (χ4n) is 2.57. The normalized spacial score (nSPS) is 11.2. The van der Waals surface area contributed by atoms with Crippen LogP contribution in [0, 0.1) is 6.92 Å². The summed E-state index contributed by atoms with van der Waals surface area (Å²) in [7, 11) is 2.87. The molecular weight excluding hydrogens is 343 g/mol. The van der Waals surface area contributed by atoms with Crippen molar-refractivity contribution in [3.8, 4) is 17.2 Å². The summed E-state index contributed by atoms with van der Waals surface area (Å²) in [6.07, 6.45) is 0. The van der Waals surface area contributed by atoms with Crippen molar-refractivity contribution in [1.29, 1.82) is 0 Å². The maximum atomic E-state index is 12.8. The van der Waals surface area contributed by atoms with Gasteiger partial charge in [-0.25, -0.2) is 0 Å². The van der Waals surface area contributed by atoms with Gasteiger partial charge in [0, 0.05) is 6.07 Å². The fraction of sp³-hybridized carbons (Fsp3) is 0.188. The molecule has 23 heavy (non-hydrogen) atoms. The highest BCUT2D eigenvalue weighted by Gasteiger charge is 2.24. The van der Waals surface area contributed by atoms with Gasteiger partial charge >= 0.3 is 0 Å². The Hall–Kier alpha value is -2.11. The lowest BCUT2D eigenvalue weighted by Gasteiger charge is -2.12. The predicted octanol–water partition coefficient (Wildman–Crippen LogP) is 4.28. The van der Waals surface area contributed by atoms with Gasteiger partial charge in [0.15, 0.2) is 17.1 Å². The molecule has 0 bridgehead atoms. The summed E-state index contributed by atoms with van der Waals surface area (Å²) >= 11 is 12.2. The molecule has 0 saturated carbocycles. The van der Waals surface area contributed by atoms with E-state index < -0.39 is 11.2 Å². The van der Waals surface area contributed by atoms with Crippen LogP contribution in [0.1, 0.15) is 5.56 Å². The number of aromatic hydroxyl groups is 1. The van der Waals surface area contributed by atoms with Crippen LogP contribution < -0.4 is 14.9 Å². The summed E-state index contributed by atoms with van der Waals surface area (Å²) in [6, 6.07) is 3.28. The molecule has 0 aliphatic rings. The van der Waals surface area contributed by atoms with Crippen LogP contribution >= 0.6 is 23.2 Å². The summed E-state index contributed by atoms with van der Waals surface area (Å²) < 4.78 is 16.0. The van der Waals surface area contributed by atoms with Crippen LogP contribution in [0.25, 0.3) is 21.9 Å². The SMILES string of the molecule is COc1cc(C)c2c(=O)c3c(O)c(Cl)c(OC)c(Cl)c3oc2c1. The van der Waals surface area contributed by atoms with Crippen molar-refractivity contribution in [1.82, 2.24) is 0 Å². The number of aryl methyl sites for hydroxylation is 1. The van der Waals surface area contributed by atoms with Crippen molar-refractivity contribution >= 4 is 45.1 Å². The minimum absolute atomic E-state index is 0.00979. The third-order valence-electron chi connectivity index (χ3n) is 3.65. The predicted molar refractivity (Wildman–Crippen MR) is 89.5 cm³/mol. The molecule has 7 heteroatoms. The fourth-order valence-corrected chi connectivity index (χ4v) is 3.19. The van der Waals surface area contributed by atoms with E-state index in [-0.39, 0.29) is 26.8 Å². The van der Waals surface area contributed by atoms with Crippen molar-refractivity contribution < 1.29 is 19.0 Å². The highest BCUT2D eigenvalue weighted by atomic mass is 35.5. The number of phenolic OH excluding ortho intramolecular Hbond substituents is 1. The molecule has 1 aromatic heterocycles. The average Bonchev–Trinajstić information content (AvgIpc) is 2.52. The van der Waals surface area contributed by atoms with Gasteiger partial charge in [0.25, 0.3) is 0 Å². The van der Waals surface area contributed by atoms with Gasteiger partial charge in [-0.2, -0.15) is 0 Å². The Morgan fingerprint density at radius 3 is 2.39 bits per heavy atom. The second-order valence-corrected chi connectivity index (χ2v) is 5.72. The van der Waals surface area contributed by atoms with Gasteiger partial charge in [-0.3, -0.25) is 4.79 Å². The highest BCUT2D eigenvalue weighted by molar-refractivity contribution is 6.42. The molecule has 0 amide bonds. The van der Waals surface area contributed by atoms with Gasteiger partial charge in [0.1, 0.15) is 26.8 Å². The molecule has 0 aliphatic heterocycles. The van der Waals surface area contributed by atoms with Gasteiger partial charge in [-0.1, -0.05) is 23.2 Å². The maximum absolute atomic E-state index is 12.8. The molecule has 0 atom stereocenters. The van der Waals surface area contributed by atoms with E-state index in [2.05, 4.69) is 0 Å². The largest absolute Gasteiger partial charge is 0.505 e. The molecular formula is C16H12Cl2O5. The van der Waals surface area contributed by atoms with Gasteiger partial charge in [0.05, 0.1) is 19.6 Å². The van der Waals surface area contributed by atoms with Crippen molar-refractivity contribution in [2.75, 3.05) is 14.2 Å². The summed E-state index contributed by atoms with van der Waals surface area (Å²) in [4.78, 5) is 12.8. The Labute approximate surface area is 140 Å². The molecule has 0 unspecified atom stereocenters. The smallest absolute Gasteiger partial charge is 0.204 e. The Kier molecular flexibility index (Phi) is 3.78. The first-order valence-corrected chi connectivity index (χ1v) is 7.35. The molecule has 0 saturated heterocycles. The Balaban J connectivity index is 2.62. The van der Waals surface area contributed by atoms with E-state index in [9.17, 15) is 9.90 Å². The summed E-state index contributed by atoms with van der Waals surface area (Å²) in [5.41, 5.74) is 0.531. The summed E-state index contributed by atoms with van der Waals surface area (Å²) in [6.45, 7) is 1.75. The number of hydrogen-bond donors (Lipinski definition) is 1. The van der Waals surface area contributed by atoms with Crippen LogP contribution in [-0.2, 0) is 0 Å². The first kappa shape index (κ1) is 15.8. The Bertz CT molecular complexity index is 1010. The number of halogens is 2. The van der Waals surface area contributed by atoms with Gasteiger partial charge < -0.3 is 19.0 Å². The second-order valence-electron chi connectivity index (χ2n) is 4.96. The summed E-state index contributed by atoms with van der Waals surface area (Å²) in [5.74, 6) is 0.160. The third-order valence-corrected chi connectivity index (χ3v) is 4.34. The molecule has 1 N–H and O–H groups in total. The van der Waals surface area contributed by atoms with Crippen LogP contribution in [0.2, 0.25) is 10.0 Å². The van der Waals surface area contributed by atoms with Crippen LogP contribution in [0.4, 0.5) is 0 Å². The van der Waals surface area contributed by atoms with E-state index in [0.29, 0.717) is 22.3 Å². The van der Waals surface area contributed by atoms with Crippen LogP contribution in [0.5, 0.6) is 17.2 Å². The number of rotatable bonds is 2. The zero-order valence-electron chi connectivity index (χ0n) is 12.5. The van der Waals surface area contributed by atoms with E-state index >= 15 is 0 Å². The molecule has 2 aromatic carbocycles. The highest BCUT2D eigenvalue weighted by Crippen LogP contribution is 2.46. The molecule has 0 spiro atoms. The van der Waals surface area contributed by atoms with E-state index in [1.807, 2.05) is 0 Å². The Morgan fingerprint density at radius 1 is 1.09 bits per heavy atom. The lowest BCUT2D eigenvalue weighted by atomic mass is 10.1. The Morgan fingerprint density at radius 2 is 1.78 bits per heavy atom. The monoisotopic (exact) mass is 354 g/mol. The number of hydrogen-bond acceptors (Lipinski definition) is 5. The van der Waals surface area contributed by atoms with Crippen LogP contribution in [0.15, 0.2) is 21.3 Å². The number of ether oxygens (including phenoxy) is 2. The minimum atomic E-state index is -0.426. The second kappa shape index (κ2) is 5.51. The van der Waals surface area contributed by atoms with Gasteiger partial charge in [0.2, 0.25) is 5.43 Å².